The van der Waals surface area contributed by atoms with E-state index < -0.39 is 12.1 Å². The van der Waals surface area contributed by atoms with Gasteiger partial charge < -0.3 is 25.2 Å². The summed E-state index contributed by atoms with van der Waals surface area (Å²) in [6.45, 7) is 1.42. The van der Waals surface area contributed by atoms with Crippen LogP contribution in [0.2, 0.25) is 5.02 Å². The smallest absolute Gasteiger partial charge is 0.318 e. The number of halogens is 1. The maximum absolute atomic E-state index is 13.4. The van der Waals surface area contributed by atoms with Gasteiger partial charge in [-0.05, 0) is 66.1 Å². The predicted octanol–water partition coefficient (Wildman–Crippen LogP) is 4.26. The quantitative estimate of drug-likeness (QED) is 0.364. The fourth-order valence-electron chi connectivity index (χ4n) is 5.63. The number of amides is 4. The first-order valence-electron chi connectivity index (χ1n) is 14.5. The Hall–Kier alpha value is -3.46. The average Bonchev–Trinajstić information content (AvgIpc) is 3.42. The molecule has 4 rings (SSSR count). The number of likely N-dealkylation sites (N-methyl/N-ethyl adjacent to an activating group) is 1. The highest BCUT2D eigenvalue weighted by Crippen LogP contribution is 2.29. The number of urea groups is 1. The Morgan fingerprint density at radius 1 is 1.07 bits per heavy atom. The molecule has 2 aliphatic rings. The van der Waals surface area contributed by atoms with Crippen LogP contribution in [0.3, 0.4) is 0 Å². The summed E-state index contributed by atoms with van der Waals surface area (Å²) in [6.07, 6.45) is 11.1. The van der Waals surface area contributed by atoms with Gasteiger partial charge >= 0.3 is 6.03 Å². The van der Waals surface area contributed by atoms with Gasteiger partial charge in [0.05, 0.1) is 6.04 Å². The van der Waals surface area contributed by atoms with E-state index in [2.05, 4.69) is 15.6 Å². The van der Waals surface area contributed by atoms with Gasteiger partial charge in [-0.15, -0.1) is 0 Å². The molecule has 10 heteroatoms. The second kappa shape index (κ2) is 15.0. The van der Waals surface area contributed by atoms with Gasteiger partial charge in [-0.1, -0.05) is 49.8 Å². The van der Waals surface area contributed by atoms with Crippen LogP contribution in [0.15, 0.2) is 42.7 Å². The minimum atomic E-state index is -0.816. The number of nitrogens with zero attached hydrogens (tertiary/aromatic N) is 3. The summed E-state index contributed by atoms with van der Waals surface area (Å²) >= 11 is 6.12. The van der Waals surface area contributed by atoms with Gasteiger partial charge in [-0.25, -0.2) is 4.79 Å². The van der Waals surface area contributed by atoms with Crippen molar-refractivity contribution in [2.24, 2.45) is 5.92 Å². The van der Waals surface area contributed by atoms with E-state index in [1.54, 1.807) is 29.2 Å². The zero-order chi connectivity index (χ0) is 29.2. The lowest BCUT2D eigenvalue weighted by atomic mass is 9.84. The number of nitrogens with one attached hydrogen (secondary N) is 2. The summed E-state index contributed by atoms with van der Waals surface area (Å²) in [6, 6.07) is 7.52. The molecule has 2 N–H and O–H groups in total. The highest BCUT2D eigenvalue weighted by molar-refractivity contribution is 6.30. The van der Waals surface area contributed by atoms with Gasteiger partial charge in [-0.2, -0.15) is 0 Å². The van der Waals surface area contributed by atoms with Gasteiger partial charge in [0.15, 0.2) is 0 Å². The van der Waals surface area contributed by atoms with E-state index in [9.17, 15) is 19.2 Å². The summed E-state index contributed by atoms with van der Waals surface area (Å²) in [7, 11) is 1.73. The number of rotatable bonds is 12. The van der Waals surface area contributed by atoms with E-state index in [1.807, 2.05) is 30.3 Å². The van der Waals surface area contributed by atoms with Crippen molar-refractivity contribution in [2.75, 3.05) is 13.6 Å². The van der Waals surface area contributed by atoms with Crippen molar-refractivity contribution in [1.82, 2.24) is 25.4 Å². The molecule has 0 radical (unpaired) electrons. The predicted molar refractivity (Wildman–Crippen MR) is 157 cm³/mol. The summed E-state index contributed by atoms with van der Waals surface area (Å²) in [5, 5.41) is 6.36. The van der Waals surface area contributed by atoms with Crippen LogP contribution in [-0.2, 0) is 33.9 Å². The van der Waals surface area contributed by atoms with E-state index in [-0.39, 0.29) is 30.7 Å². The number of aromatic nitrogens is 1. The van der Waals surface area contributed by atoms with Gasteiger partial charge in [0.1, 0.15) is 12.3 Å². The van der Waals surface area contributed by atoms with Gasteiger partial charge in [0, 0.05) is 50.5 Å². The molecule has 220 valence electrons. The maximum atomic E-state index is 13.4. The minimum Gasteiger partial charge on any atom is -0.345 e. The second-order valence-electron chi connectivity index (χ2n) is 11.2. The number of benzene rings is 1. The van der Waals surface area contributed by atoms with Crippen molar-refractivity contribution in [3.05, 3.63) is 64.4 Å². The van der Waals surface area contributed by atoms with Crippen LogP contribution in [0.1, 0.15) is 68.1 Å². The molecule has 1 saturated carbocycles. The van der Waals surface area contributed by atoms with Crippen LogP contribution in [0, 0.1) is 5.92 Å². The lowest BCUT2D eigenvalue weighted by molar-refractivity contribution is -0.131. The van der Waals surface area contributed by atoms with Crippen molar-refractivity contribution in [2.45, 2.75) is 83.0 Å². The Morgan fingerprint density at radius 2 is 1.80 bits per heavy atom. The highest BCUT2D eigenvalue weighted by Gasteiger charge is 2.31. The van der Waals surface area contributed by atoms with E-state index in [4.69, 9.17) is 11.6 Å². The number of pyridine rings is 1. The molecule has 0 spiro atoms. The second-order valence-corrected chi connectivity index (χ2v) is 11.7. The molecule has 1 aromatic heterocycles. The molecule has 1 aliphatic carbocycles. The molecule has 0 bridgehead atoms. The molecule has 9 nitrogen and oxygen atoms in total. The van der Waals surface area contributed by atoms with Crippen LogP contribution in [-0.4, -0.2) is 64.6 Å². The molecular formula is C31H40ClN5O4. The van der Waals surface area contributed by atoms with Crippen molar-refractivity contribution < 1.29 is 19.2 Å². The van der Waals surface area contributed by atoms with Crippen molar-refractivity contribution >= 4 is 35.7 Å². The van der Waals surface area contributed by atoms with E-state index in [0.717, 1.165) is 42.4 Å². The normalized spacial score (nSPS) is 16.4. The maximum Gasteiger partial charge on any atom is 0.318 e. The lowest BCUT2D eigenvalue weighted by Gasteiger charge is -2.29. The third-order valence-electron chi connectivity index (χ3n) is 8.16. The molecular weight excluding hydrogens is 542 g/mol. The van der Waals surface area contributed by atoms with Crippen LogP contribution >= 0.6 is 11.6 Å². The first kappa shape index (κ1) is 30.5. The van der Waals surface area contributed by atoms with E-state index in [1.165, 1.54) is 6.42 Å². The molecule has 2 atom stereocenters. The Labute approximate surface area is 247 Å². The molecule has 4 amide bonds. The van der Waals surface area contributed by atoms with Crippen molar-refractivity contribution in [1.29, 1.82) is 0 Å². The third-order valence-corrected chi connectivity index (χ3v) is 8.39. The van der Waals surface area contributed by atoms with E-state index in [0.29, 0.717) is 49.7 Å². The first-order valence-corrected chi connectivity index (χ1v) is 14.9. The minimum absolute atomic E-state index is 0.0964. The fourth-order valence-corrected chi connectivity index (χ4v) is 5.83. The van der Waals surface area contributed by atoms with Gasteiger partial charge in [0.25, 0.3) is 0 Å². The molecule has 0 saturated heterocycles. The molecule has 41 heavy (non-hydrogen) atoms. The first-order chi connectivity index (χ1) is 19.8. The zero-order valence-electron chi connectivity index (χ0n) is 23.7. The fraction of sp³-hybridized carbons (Fsp3) is 0.516. The molecule has 2 aromatic rings. The highest BCUT2D eigenvalue weighted by atomic mass is 35.5. The number of carbonyl (C=O) groups is 4. The summed E-state index contributed by atoms with van der Waals surface area (Å²) in [5.41, 5.74) is 3.12. The van der Waals surface area contributed by atoms with Crippen LogP contribution < -0.4 is 10.6 Å². The monoisotopic (exact) mass is 581 g/mol. The number of hydrogen-bond acceptors (Lipinski definition) is 5. The standard InChI is InChI=1S/C31H40ClN5O4/c1-36(16-13-22-11-14-33-15-12-22)29(39)10-9-27(21-38)34-30(40)28(17-23-5-3-2-4-6-23)35-31(41)37-19-24-7-8-26(32)18-25(24)20-37/h7-8,11-12,14-15,18,21,23,27-28H,2-6,9-10,13,16-17,19-20H2,1H3,(H,34,40)(H,35,41)/t27-,28-/m0/s1. The zero-order valence-corrected chi connectivity index (χ0v) is 24.4. The van der Waals surface area contributed by atoms with Gasteiger partial charge in [-0.3, -0.25) is 14.6 Å². The number of carbonyl (C=O) groups excluding carboxylic acids is 4. The molecule has 1 aromatic carbocycles. The molecule has 2 heterocycles. The number of hydrogen-bond donors (Lipinski definition) is 2. The third kappa shape index (κ3) is 9.01. The number of fused-ring (bicyclic) bond motifs is 1. The Kier molecular flexibility index (Phi) is 11.1. The molecule has 1 fully saturated rings. The average molecular weight is 582 g/mol. The van der Waals surface area contributed by atoms with E-state index >= 15 is 0 Å². The summed E-state index contributed by atoms with van der Waals surface area (Å²) < 4.78 is 0. The summed E-state index contributed by atoms with van der Waals surface area (Å²) in [4.78, 5) is 58.5. The molecule has 1 aliphatic heterocycles. The van der Waals surface area contributed by atoms with Crippen molar-refractivity contribution in [3.63, 3.8) is 0 Å². The largest absolute Gasteiger partial charge is 0.345 e. The van der Waals surface area contributed by atoms with Crippen molar-refractivity contribution in [3.8, 4) is 0 Å². The van der Waals surface area contributed by atoms with Crippen LogP contribution in [0.4, 0.5) is 4.79 Å². The summed E-state index contributed by atoms with van der Waals surface area (Å²) in [5.74, 6) is -0.153. The van der Waals surface area contributed by atoms with Crippen LogP contribution in [0.5, 0.6) is 0 Å². The van der Waals surface area contributed by atoms with Crippen LogP contribution in [0.25, 0.3) is 0 Å². The SMILES string of the molecule is CN(CCc1ccncc1)C(=O)CC[C@@H](C=O)NC(=O)[C@H](CC1CCCCC1)NC(=O)N1Cc2ccc(Cl)cc2C1. The number of aldehydes is 1. The Balaban J connectivity index is 1.31. The Morgan fingerprint density at radius 3 is 2.54 bits per heavy atom. The lowest BCUT2D eigenvalue weighted by Crippen LogP contribution is -2.53. The Bertz CT molecular complexity index is 1200. The van der Waals surface area contributed by atoms with Gasteiger partial charge in [0.2, 0.25) is 11.8 Å². The topological polar surface area (TPSA) is 112 Å². The molecule has 0 unspecified atom stereocenters.